The fourth-order valence-corrected chi connectivity index (χ4v) is 2.70. The van der Waals surface area contributed by atoms with Gasteiger partial charge >= 0.3 is 0 Å². The highest BCUT2D eigenvalue weighted by atomic mass is 35.5. The molecule has 3 heterocycles. The van der Waals surface area contributed by atoms with Crippen LogP contribution in [0.3, 0.4) is 0 Å². The fourth-order valence-electron chi connectivity index (χ4n) is 2.21. The number of rotatable bonds is 2. The molecule has 2 aromatic heterocycles. The van der Waals surface area contributed by atoms with Gasteiger partial charge in [0.1, 0.15) is 10.9 Å². The molecule has 5 nitrogen and oxygen atoms in total. The number of aromatic nitrogens is 4. The number of nitrogens with zero attached hydrogens (tertiary/aromatic N) is 4. The van der Waals surface area contributed by atoms with E-state index in [1.807, 2.05) is 18.4 Å². The lowest BCUT2D eigenvalue weighted by Gasteiger charge is -2.10. The van der Waals surface area contributed by atoms with Crippen LogP contribution in [0.4, 0.5) is 0 Å². The minimum Gasteiger partial charge on any atom is -0.281 e. The average Bonchev–Trinajstić information content (AvgIpc) is 2.93. The third-order valence-electron chi connectivity index (χ3n) is 3.34. The lowest BCUT2D eigenvalue weighted by atomic mass is 9.98. The molecule has 0 saturated carbocycles. The van der Waals surface area contributed by atoms with Crippen molar-refractivity contribution < 1.29 is 0 Å². The summed E-state index contributed by atoms with van der Waals surface area (Å²) in [7, 11) is 0. The molecule has 0 radical (unpaired) electrons. The molecule has 0 bridgehead atoms. The predicted molar refractivity (Wildman–Crippen MR) is 86.0 cm³/mol. The van der Waals surface area contributed by atoms with Crippen LogP contribution in [0.15, 0.2) is 33.6 Å². The van der Waals surface area contributed by atoms with Crippen molar-refractivity contribution in [1.82, 2.24) is 20.2 Å². The van der Waals surface area contributed by atoms with Crippen LogP contribution in [0.5, 0.6) is 0 Å². The zero-order valence-corrected chi connectivity index (χ0v) is 13.2. The Hall–Kier alpha value is -1.66. The topological polar surface area (TPSA) is 66.8 Å². The number of fused-ring (bicyclic) bond motifs is 1. The third kappa shape index (κ3) is 2.87. The second kappa shape index (κ2) is 5.99. The van der Waals surface area contributed by atoms with Gasteiger partial charge in [-0.15, -0.1) is 0 Å². The average molecular weight is 320 g/mol. The summed E-state index contributed by atoms with van der Waals surface area (Å²) >= 11 is 7.54. The maximum absolute atomic E-state index is 6.04. The second-order valence-electron chi connectivity index (χ2n) is 4.75. The Morgan fingerprint density at radius 1 is 1.43 bits per heavy atom. The third-order valence-corrected chi connectivity index (χ3v) is 4.16. The molecule has 1 N–H and O–H groups in total. The molecule has 0 fully saturated rings. The molecule has 1 atom stereocenters. The molecule has 1 unspecified atom stereocenters. The molecule has 0 aromatic carbocycles. The molecule has 0 spiro atoms. The van der Waals surface area contributed by atoms with Gasteiger partial charge < -0.3 is 0 Å². The van der Waals surface area contributed by atoms with Crippen LogP contribution in [0.25, 0.3) is 11.4 Å². The highest BCUT2D eigenvalue weighted by molar-refractivity contribution is 7.98. The maximum atomic E-state index is 6.04. The summed E-state index contributed by atoms with van der Waals surface area (Å²) in [6, 6.07) is 1.85. The first-order chi connectivity index (χ1) is 10.2. The van der Waals surface area contributed by atoms with Gasteiger partial charge in [0.15, 0.2) is 5.16 Å². The Morgan fingerprint density at radius 3 is 3.10 bits per heavy atom. The number of aliphatic imine (C=N–C) groups is 1. The summed E-state index contributed by atoms with van der Waals surface area (Å²) in [6.07, 6.45) is 8.19. The van der Waals surface area contributed by atoms with E-state index in [0.717, 1.165) is 34.2 Å². The number of thioether (sulfide) groups is 1. The standard InChI is InChI=1S/C14H14ClN5S/c1-8-3-4-11(15)17-7-9-12(8)19-20-13(9)10-5-6-16-14(18-10)21-2/h4-8H,3H2,1-2H3,(H,19,20). The highest BCUT2D eigenvalue weighted by Gasteiger charge is 2.20. The molecule has 108 valence electrons. The van der Waals surface area contributed by atoms with E-state index in [2.05, 4.69) is 32.1 Å². The Morgan fingerprint density at radius 2 is 2.29 bits per heavy atom. The fraction of sp³-hybridized carbons (Fsp3) is 0.286. The summed E-state index contributed by atoms with van der Waals surface area (Å²) < 4.78 is 0. The SMILES string of the molecule is CSc1nccc(-c2n[nH]c3c2C=NC(Cl)=CCC3C)n1. The first-order valence-corrected chi connectivity index (χ1v) is 8.14. The zero-order chi connectivity index (χ0) is 14.8. The first kappa shape index (κ1) is 14.3. The molecule has 0 saturated heterocycles. The summed E-state index contributed by atoms with van der Waals surface area (Å²) in [5.74, 6) is 0.295. The van der Waals surface area contributed by atoms with Crippen molar-refractivity contribution in [3.8, 4) is 11.4 Å². The number of hydrogen-bond acceptors (Lipinski definition) is 5. The molecular weight excluding hydrogens is 306 g/mol. The largest absolute Gasteiger partial charge is 0.281 e. The minimum atomic E-state index is 0.295. The van der Waals surface area contributed by atoms with E-state index >= 15 is 0 Å². The van der Waals surface area contributed by atoms with Crippen LogP contribution in [0.1, 0.15) is 30.5 Å². The monoisotopic (exact) mass is 319 g/mol. The van der Waals surface area contributed by atoms with Crippen molar-refractivity contribution in [1.29, 1.82) is 0 Å². The van der Waals surface area contributed by atoms with Crippen molar-refractivity contribution in [2.75, 3.05) is 6.26 Å². The van der Waals surface area contributed by atoms with Gasteiger partial charge in [-0.1, -0.05) is 30.3 Å². The predicted octanol–water partition coefficient (Wildman–Crippen LogP) is 3.59. The van der Waals surface area contributed by atoms with E-state index in [1.165, 1.54) is 11.8 Å². The Balaban J connectivity index is 2.12. The number of allylic oxidation sites excluding steroid dienone is 1. The van der Waals surface area contributed by atoms with Gasteiger partial charge in [-0.25, -0.2) is 15.0 Å². The number of H-pyrrole nitrogens is 1. The van der Waals surface area contributed by atoms with Crippen LogP contribution in [0.2, 0.25) is 0 Å². The van der Waals surface area contributed by atoms with E-state index in [1.54, 1.807) is 12.4 Å². The van der Waals surface area contributed by atoms with Gasteiger partial charge in [0.05, 0.1) is 5.69 Å². The number of hydrogen-bond donors (Lipinski definition) is 1. The lowest BCUT2D eigenvalue weighted by molar-refractivity contribution is 0.739. The number of nitrogens with one attached hydrogen (secondary N) is 1. The van der Waals surface area contributed by atoms with E-state index < -0.39 is 0 Å². The number of aromatic amines is 1. The number of halogens is 1. The van der Waals surface area contributed by atoms with Crippen molar-refractivity contribution in [3.05, 3.63) is 34.8 Å². The van der Waals surface area contributed by atoms with Gasteiger partial charge in [-0.05, 0) is 24.8 Å². The van der Waals surface area contributed by atoms with Crippen LogP contribution < -0.4 is 0 Å². The molecule has 1 aliphatic rings. The lowest BCUT2D eigenvalue weighted by Crippen LogP contribution is -2.00. The summed E-state index contributed by atoms with van der Waals surface area (Å²) in [5.41, 5.74) is 3.56. The smallest absolute Gasteiger partial charge is 0.187 e. The first-order valence-electron chi connectivity index (χ1n) is 6.54. The summed E-state index contributed by atoms with van der Waals surface area (Å²) in [4.78, 5) is 12.9. The van der Waals surface area contributed by atoms with E-state index in [-0.39, 0.29) is 0 Å². The summed E-state index contributed by atoms with van der Waals surface area (Å²) in [6.45, 7) is 2.13. The molecular formula is C14H14ClN5S. The van der Waals surface area contributed by atoms with Gasteiger partial charge in [0.25, 0.3) is 0 Å². The van der Waals surface area contributed by atoms with Crippen LogP contribution in [-0.2, 0) is 0 Å². The molecule has 2 aromatic rings. The molecule has 21 heavy (non-hydrogen) atoms. The Labute approximate surface area is 132 Å². The minimum absolute atomic E-state index is 0.295. The van der Waals surface area contributed by atoms with Gasteiger partial charge in [-0.3, -0.25) is 5.10 Å². The molecule has 0 aliphatic carbocycles. The Kier molecular flexibility index (Phi) is 4.07. The van der Waals surface area contributed by atoms with E-state index in [9.17, 15) is 0 Å². The van der Waals surface area contributed by atoms with Crippen molar-refractivity contribution in [3.63, 3.8) is 0 Å². The van der Waals surface area contributed by atoms with Crippen molar-refractivity contribution in [2.24, 2.45) is 4.99 Å². The van der Waals surface area contributed by atoms with E-state index in [4.69, 9.17) is 11.6 Å². The van der Waals surface area contributed by atoms with Crippen LogP contribution in [0, 0.1) is 0 Å². The van der Waals surface area contributed by atoms with Crippen molar-refractivity contribution >= 4 is 29.6 Å². The molecule has 7 heteroatoms. The quantitative estimate of drug-likeness (QED) is 0.522. The van der Waals surface area contributed by atoms with Crippen molar-refractivity contribution in [2.45, 2.75) is 24.4 Å². The summed E-state index contributed by atoms with van der Waals surface area (Å²) in [5, 5.41) is 8.76. The molecule has 3 rings (SSSR count). The van der Waals surface area contributed by atoms with Gasteiger partial charge in [0, 0.05) is 29.6 Å². The van der Waals surface area contributed by atoms with Crippen LogP contribution in [-0.4, -0.2) is 32.6 Å². The zero-order valence-electron chi connectivity index (χ0n) is 11.7. The normalized spacial score (nSPS) is 17.9. The molecule has 0 amide bonds. The highest BCUT2D eigenvalue weighted by Crippen LogP contribution is 2.30. The van der Waals surface area contributed by atoms with Crippen LogP contribution >= 0.6 is 23.4 Å². The molecule has 1 aliphatic heterocycles. The second-order valence-corrected chi connectivity index (χ2v) is 5.91. The van der Waals surface area contributed by atoms with Gasteiger partial charge in [0.2, 0.25) is 0 Å². The van der Waals surface area contributed by atoms with Gasteiger partial charge in [-0.2, -0.15) is 5.10 Å². The van der Waals surface area contributed by atoms with E-state index in [0.29, 0.717) is 11.1 Å². The maximum Gasteiger partial charge on any atom is 0.187 e. The Bertz CT molecular complexity index is 722.